The molecule has 0 aliphatic carbocycles. The molecule has 0 radical (unpaired) electrons. The van der Waals surface area contributed by atoms with Crippen molar-refractivity contribution in [3.63, 3.8) is 0 Å². The van der Waals surface area contributed by atoms with Gasteiger partial charge in [-0.1, -0.05) is 52.0 Å². The summed E-state index contributed by atoms with van der Waals surface area (Å²) < 4.78 is 0. The Bertz CT molecular complexity index is 512. The van der Waals surface area contributed by atoms with Crippen LogP contribution >= 0.6 is 11.3 Å². The lowest BCUT2D eigenvalue weighted by molar-refractivity contribution is 0.593. The van der Waals surface area contributed by atoms with Gasteiger partial charge in [0.25, 0.3) is 0 Å². The van der Waals surface area contributed by atoms with Gasteiger partial charge in [-0.15, -0.1) is 11.3 Å². The molecule has 19 heavy (non-hydrogen) atoms. The lowest BCUT2D eigenvalue weighted by atomic mass is 10.0. The number of hydrogen-bond donors (Lipinski definition) is 1. The van der Waals surface area contributed by atoms with Crippen molar-refractivity contribution in [2.45, 2.75) is 46.2 Å². The summed E-state index contributed by atoms with van der Waals surface area (Å²) >= 11 is 1.77. The van der Waals surface area contributed by atoms with Gasteiger partial charge >= 0.3 is 0 Å². The van der Waals surface area contributed by atoms with E-state index in [4.69, 9.17) is 0 Å². The highest BCUT2D eigenvalue weighted by Crippen LogP contribution is 2.26. The van der Waals surface area contributed by atoms with Gasteiger partial charge in [0, 0.05) is 29.2 Å². The number of benzene rings is 1. The Kier molecular flexibility index (Phi) is 4.72. The minimum Gasteiger partial charge on any atom is -0.310 e. The Morgan fingerprint density at radius 3 is 2.37 bits per heavy atom. The first kappa shape index (κ1) is 14.2. The highest BCUT2D eigenvalue weighted by atomic mass is 32.1. The van der Waals surface area contributed by atoms with Crippen molar-refractivity contribution in [2.24, 2.45) is 0 Å². The van der Waals surface area contributed by atoms with Gasteiger partial charge in [0.1, 0.15) is 5.01 Å². The highest BCUT2D eigenvalue weighted by Gasteiger charge is 2.06. The summed E-state index contributed by atoms with van der Waals surface area (Å²) in [5.41, 5.74) is 2.59. The van der Waals surface area contributed by atoms with Crippen LogP contribution in [0.3, 0.4) is 0 Å². The first-order chi connectivity index (χ1) is 9.06. The van der Waals surface area contributed by atoms with Crippen LogP contribution in [0.5, 0.6) is 0 Å². The van der Waals surface area contributed by atoms with Gasteiger partial charge < -0.3 is 5.32 Å². The van der Waals surface area contributed by atoms with E-state index in [2.05, 4.69) is 62.3 Å². The number of nitrogens with zero attached hydrogens (tertiary/aromatic N) is 1. The van der Waals surface area contributed by atoms with Crippen LogP contribution in [0, 0.1) is 0 Å². The minimum atomic E-state index is 0.510. The third-order valence-electron chi connectivity index (χ3n) is 3.06. The summed E-state index contributed by atoms with van der Waals surface area (Å²) in [5.74, 6) is 0.580. The van der Waals surface area contributed by atoms with Crippen molar-refractivity contribution < 1.29 is 0 Å². The topological polar surface area (TPSA) is 24.9 Å². The average molecular weight is 274 g/mol. The maximum atomic E-state index is 4.52. The summed E-state index contributed by atoms with van der Waals surface area (Å²) in [7, 11) is 0. The molecule has 0 saturated heterocycles. The predicted molar refractivity (Wildman–Crippen MR) is 83.6 cm³/mol. The molecular weight excluding hydrogens is 252 g/mol. The van der Waals surface area contributed by atoms with E-state index in [1.807, 2.05) is 6.20 Å². The fraction of sp³-hybridized carbons (Fsp3) is 0.438. The van der Waals surface area contributed by atoms with E-state index in [-0.39, 0.29) is 0 Å². The van der Waals surface area contributed by atoms with E-state index in [0.717, 1.165) is 11.6 Å². The van der Waals surface area contributed by atoms with Gasteiger partial charge in [-0.05, 0) is 11.5 Å². The normalized spacial score (nSPS) is 11.5. The first-order valence-corrected chi connectivity index (χ1v) is 7.66. The Hall–Kier alpha value is -1.19. The van der Waals surface area contributed by atoms with Crippen molar-refractivity contribution in [1.29, 1.82) is 0 Å². The molecule has 0 saturated carbocycles. The molecule has 2 aromatic rings. The Morgan fingerprint density at radius 1 is 1.11 bits per heavy atom. The van der Waals surface area contributed by atoms with Crippen LogP contribution in [0.25, 0.3) is 10.6 Å². The number of thiazole rings is 1. The van der Waals surface area contributed by atoms with E-state index in [9.17, 15) is 0 Å². The van der Waals surface area contributed by atoms with E-state index in [1.165, 1.54) is 16.0 Å². The van der Waals surface area contributed by atoms with Crippen molar-refractivity contribution >= 4 is 11.3 Å². The van der Waals surface area contributed by atoms with E-state index in [1.54, 1.807) is 11.3 Å². The molecule has 3 heteroatoms. The van der Waals surface area contributed by atoms with E-state index >= 15 is 0 Å². The molecule has 0 spiro atoms. The number of nitrogens with one attached hydrogen (secondary N) is 1. The molecule has 0 bridgehead atoms. The van der Waals surface area contributed by atoms with Gasteiger partial charge in [-0.25, -0.2) is 4.98 Å². The molecule has 1 heterocycles. The van der Waals surface area contributed by atoms with Crippen LogP contribution < -0.4 is 5.32 Å². The third-order valence-corrected chi connectivity index (χ3v) is 4.11. The maximum absolute atomic E-state index is 4.52. The molecular formula is C16H22N2S. The molecule has 1 aromatic heterocycles. The van der Waals surface area contributed by atoms with Crippen molar-refractivity contribution in [3.05, 3.63) is 40.9 Å². The molecule has 102 valence electrons. The van der Waals surface area contributed by atoms with Crippen LogP contribution in [0.2, 0.25) is 0 Å². The van der Waals surface area contributed by atoms with Crippen LogP contribution in [0.4, 0.5) is 0 Å². The number of rotatable bonds is 5. The quantitative estimate of drug-likeness (QED) is 0.872. The summed E-state index contributed by atoms with van der Waals surface area (Å²) in [4.78, 5) is 5.81. The van der Waals surface area contributed by atoms with Gasteiger partial charge in [0.05, 0.1) is 0 Å². The summed E-state index contributed by atoms with van der Waals surface area (Å²) in [6.07, 6.45) is 1.98. The lowest BCUT2D eigenvalue weighted by Gasteiger charge is -2.05. The SMILES string of the molecule is CC(C)NCc1cnc(-c2ccc(C(C)C)cc2)s1. The Morgan fingerprint density at radius 2 is 1.79 bits per heavy atom. The van der Waals surface area contributed by atoms with E-state index < -0.39 is 0 Å². The zero-order valence-electron chi connectivity index (χ0n) is 12.1. The van der Waals surface area contributed by atoms with E-state index in [0.29, 0.717) is 12.0 Å². The number of aromatic nitrogens is 1. The lowest BCUT2D eigenvalue weighted by Crippen LogP contribution is -2.21. The predicted octanol–water partition coefficient (Wildman–Crippen LogP) is 4.43. The van der Waals surface area contributed by atoms with Crippen LogP contribution in [0.1, 0.15) is 44.1 Å². The molecule has 0 aliphatic rings. The zero-order valence-corrected chi connectivity index (χ0v) is 12.9. The summed E-state index contributed by atoms with van der Waals surface area (Å²) in [6.45, 7) is 9.65. The van der Waals surface area contributed by atoms with Gasteiger partial charge in [-0.2, -0.15) is 0 Å². The Labute approximate surface area is 119 Å². The standard InChI is InChI=1S/C16H22N2S/c1-11(2)13-5-7-14(8-6-13)16-18-10-15(19-16)9-17-12(3)4/h5-8,10-12,17H,9H2,1-4H3. The van der Waals surface area contributed by atoms with Gasteiger partial charge in [0.2, 0.25) is 0 Å². The zero-order chi connectivity index (χ0) is 13.8. The molecule has 2 rings (SSSR count). The molecule has 0 fully saturated rings. The highest BCUT2D eigenvalue weighted by molar-refractivity contribution is 7.15. The second kappa shape index (κ2) is 6.31. The average Bonchev–Trinajstić information content (AvgIpc) is 2.85. The molecule has 0 amide bonds. The number of hydrogen-bond acceptors (Lipinski definition) is 3. The molecule has 0 aliphatic heterocycles. The van der Waals surface area contributed by atoms with Crippen LogP contribution in [-0.4, -0.2) is 11.0 Å². The smallest absolute Gasteiger partial charge is 0.123 e. The molecule has 0 atom stereocenters. The van der Waals surface area contributed by atoms with Crippen LogP contribution in [-0.2, 0) is 6.54 Å². The first-order valence-electron chi connectivity index (χ1n) is 6.84. The monoisotopic (exact) mass is 274 g/mol. The molecule has 2 nitrogen and oxygen atoms in total. The second-order valence-electron chi connectivity index (χ2n) is 5.44. The Balaban J connectivity index is 2.09. The fourth-order valence-electron chi connectivity index (χ4n) is 1.84. The maximum Gasteiger partial charge on any atom is 0.123 e. The van der Waals surface area contributed by atoms with Crippen molar-refractivity contribution in [2.75, 3.05) is 0 Å². The molecule has 1 aromatic carbocycles. The van der Waals surface area contributed by atoms with Crippen molar-refractivity contribution in [1.82, 2.24) is 10.3 Å². The fourth-order valence-corrected chi connectivity index (χ4v) is 2.71. The molecule has 0 unspecified atom stereocenters. The largest absolute Gasteiger partial charge is 0.310 e. The minimum absolute atomic E-state index is 0.510. The third kappa shape index (κ3) is 3.88. The van der Waals surface area contributed by atoms with Gasteiger partial charge in [-0.3, -0.25) is 0 Å². The van der Waals surface area contributed by atoms with Gasteiger partial charge in [0.15, 0.2) is 0 Å². The second-order valence-corrected chi connectivity index (χ2v) is 6.56. The summed E-state index contributed by atoms with van der Waals surface area (Å²) in [5, 5.41) is 4.53. The van der Waals surface area contributed by atoms with Crippen LogP contribution in [0.15, 0.2) is 30.5 Å². The summed E-state index contributed by atoms with van der Waals surface area (Å²) in [6, 6.07) is 9.26. The van der Waals surface area contributed by atoms with Crippen molar-refractivity contribution in [3.8, 4) is 10.6 Å². The molecule has 1 N–H and O–H groups in total.